The second kappa shape index (κ2) is 5.94. The van der Waals surface area contributed by atoms with Crippen molar-refractivity contribution in [3.8, 4) is 0 Å². The Bertz CT molecular complexity index is 287. The largest absolute Gasteiger partial charge is 0.316 e. The van der Waals surface area contributed by atoms with Gasteiger partial charge in [-0.2, -0.15) is 0 Å². The summed E-state index contributed by atoms with van der Waals surface area (Å²) in [5.74, 6) is 1.37. The Morgan fingerprint density at radius 2 is 2.00 bits per heavy atom. The molecule has 1 aromatic carbocycles. The molecule has 3 heteroatoms. The molecule has 0 heterocycles. The van der Waals surface area contributed by atoms with E-state index in [-0.39, 0.29) is 0 Å². The van der Waals surface area contributed by atoms with Gasteiger partial charge in [0.25, 0.3) is 0 Å². The highest BCUT2D eigenvalue weighted by atomic mass is 32.2. The van der Waals surface area contributed by atoms with Crippen molar-refractivity contribution in [3.05, 3.63) is 35.9 Å². The van der Waals surface area contributed by atoms with Crippen molar-refractivity contribution in [2.75, 3.05) is 12.8 Å². The number of hydrogen-bond acceptors (Lipinski definition) is 2. The van der Waals surface area contributed by atoms with E-state index < -0.39 is 10.8 Å². The first-order valence-electron chi connectivity index (χ1n) is 4.78. The third-order valence-electron chi connectivity index (χ3n) is 2.10. The summed E-state index contributed by atoms with van der Waals surface area (Å²) in [5.41, 5.74) is 1.15. The topological polar surface area (TPSA) is 29.1 Å². The Morgan fingerprint density at radius 1 is 1.36 bits per heavy atom. The van der Waals surface area contributed by atoms with E-state index in [2.05, 4.69) is 5.32 Å². The number of benzene rings is 1. The van der Waals surface area contributed by atoms with Gasteiger partial charge in [0.05, 0.1) is 0 Å². The van der Waals surface area contributed by atoms with Gasteiger partial charge in [0, 0.05) is 28.3 Å². The van der Waals surface area contributed by atoms with Crippen molar-refractivity contribution in [2.45, 2.75) is 18.7 Å². The predicted molar refractivity (Wildman–Crippen MR) is 61.7 cm³/mol. The number of rotatable bonds is 5. The summed E-state index contributed by atoms with van der Waals surface area (Å²) in [6.45, 7) is 2.04. The first kappa shape index (κ1) is 11.4. The van der Waals surface area contributed by atoms with Crippen molar-refractivity contribution in [1.82, 2.24) is 5.32 Å². The van der Waals surface area contributed by atoms with Crippen LogP contribution in [-0.4, -0.2) is 23.1 Å². The molecule has 0 fully saturated rings. The lowest BCUT2D eigenvalue weighted by Crippen LogP contribution is -2.27. The fourth-order valence-corrected chi connectivity index (χ4v) is 2.59. The van der Waals surface area contributed by atoms with E-state index in [4.69, 9.17) is 0 Å². The van der Waals surface area contributed by atoms with Crippen LogP contribution in [0.15, 0.2) is 30.3 Å². The van der Waals surface area contributed by atoms with E-state index in [0.29, 0.717) is 17.5 Å². The van der Waals surface area contributed by atoms with Crippen LogP contribution >= 0.6 is 0 Å². The molecule has 14 heavy (non-hydrogen) atoms. The molecule has 0 aliphatic carbocycles. The molecule has 2 atom stereocenters. The maximum atomic E-state index is 11.7. The average Bonchev–Trinajstić information content (AvgIpc) is 2.19. The van der Waals surface area contributed by atoms with Crippen LogP contribution in [0.1, 0.15) is 12.5 Å². The summed E-state index contributed by atoms with van der Waals surface area (Å²) >= 11 is 0. The van der Waals surface area contributed by atoms with E-state index >= 15 is 0 Å². The summed E-state index contributed by atoms with van der Waals surface area (Å²) in [4.78, 5) is 0. The molecule has 0 bridgehead atoms. The highest BCUT2D eigenvalue weighted by molar-refractivity contribution is 7.84. The summed E-state index contributed by atoms with van der Waals surface area (Å²) in [6.07, 6.45) is 0. The minimum atomic E-state index is -0.763. The van der Waals surface area contributed by atoms with E-state index in [9.17, 15) is 4.21 Å². The average molecular weight is 211 g/mol. The quantitative estimate of drug-likeness (QED) is 0.800. The van der Waals surface area contributed by atoms with Crippen LogP contribution in [0, 0.1) is 0 Å². The summed E-state index contributed by atoms with van der Waals surface area (Å²) in [7, 11) is 1.13. The van der Waals surface area contributed by atoms with Gasteiger partial charge in [0.2, 0.25) is 0 Å². The van der Waals surface area contributed by atoms with Gasteiger partial charge < -0.3 is 5.32 Å². The van der Waals surface area contributed by atoms with E-state index in [1.807, 2.05) is 44.3 Å². The lowest BCUT2D eigenvalue weighted by molar-refractivity contribution is 0.645. The van der Waals surface area contributed by atoms with Gasteiger partial charge in [-0.15, -0.1) is 0 Å². The standard InChI is InChI=1S/C11H17NOS/c1-10(12-2)8-14(13)9-11-6-4-3-5-7-11/h3-7,10,12H,8-9H2,1-2H3. The van der Waals surface area contributed by atoms with Crippen molar-refractivity contribution < 1.29 is 4.21 Å². The van der Waals surface area contributed by atoms with Crippen LogP contribution in [0.3, 0.4) is 0 Å². The third kappa shape index (κ3) is 4.03. The van der Waals surface area contributed by atoms with Crippen LogP contribution in [-0.2, 0) is 16.6 Å². The van der Waals surface area contributed by atoms with Gasteiger partial charge in [-0.25, -0.2) is 0 Å². The monoisotopic (exact) mass is 211 g/mol. The maximum Gasteiger partial charge on any atom is 0.0486 e. The van der Waals surface area contributed by atoms with Gasteiger partial charge in [-0.1, -0.05) is 30.3 Å². The molecule has 0 spiro atoms. The van der Waals surface area contributed by atoms with Crippen molar-refractivity contribution in [1.29, 1.82) is 0 Å². The molecule has 0 aliphatic rings. The van der Waals surface area contributed by atoms with Gasteiger partial charge in [-0.05, 0) is 19.5 Å². The van der Waals surface area contributed by atoms with Gasteiger partial charge in [0.15, 0.2) is 0 Å². The molecule has 78 valence electrons. The number of hydrogen-bond donors (Lipinski definition) is 1. The maximum absolute atomic E-state index is 11.7. The Kier molecular flexibility index (Phi) is 4.84. The fraction of sp³-hybridized carbons (Fsp3) is 0.455. The first-order valence-corrected chi connectivity index (χ1v) is 6.27. The SMILES string of the molecule is CNC(C)CS(=O)Cc1ccccc1. The highest BCUT2D eigenvalue weighted by Crippen LogP contribution is 2.03. The van der Waals surface area contributed by atoms with Crippen molar-refractivity contribution >= 4 is 10.8 Å². The predicted octanol–water partition coefficient (Wildman–Crippen LogP) is 1.54. The Hall–Kier alpha value is -0.670. The smallest absolute Gasteiger partial charge is 0.0486 e. The van der Waals surface area contributed by atoms with Crippen molar-refractivity contribution in [2.24, 2.45) is 0 Å². The Morgan fingerprint density at radius 3 is 2.57 bits per heavy atom. The van der Waals surface area contributed by atoms with Crippen LogP contribution < -0.4 is 5.32 Å². The van der Waals surface area contributed by atoms with Crippen LogP contribution in [0.25, 0.3) is 0 Å². The highest BCUT2D eigenvalue weighted by Gasteiger charge is 2.05. The molecule has 0 aliphatic heterocycles. The molecule has 2 nitrogen and oxygen atoms in total. The second-order valence-corrected chi connectivity index (χ2v) is 4.93. The lowest BCUT2D eigenvalue weighted by Gasteiger charge is -2.09. The summed E-state index contributed by atoms with van der Waals surface area (Å²) < 4.78 is 11.7. The van der Waals surface area contributed by atoms with Crippen molar-refractivity contribution in [3.63, 3.8) is 0 Å². The molecule has 1 rings (SSSR count). The molecule has 0 amide bonds. The molecule has 0 saturated heterocycles. The molecule has 0 aromatic heterocycles. The minimum Gasteiger partial charge on any atom is -0.316 e. The van der Waals surface area contributed by atoms with Gasteiger partial charge in [-0.3, -0.25) is 4.21 Å². The summed E-state index contributed by atoms with van der Waals surface area (Å²) in [5, 5.41) is 3.09. The van der Waals surface area contributed by atoms with E-state index in [1.165, 1.54) is 0 Å². The molecule has 0 radical (unpaired) electrons. The Labute approximate surface area is 88.2 Å². The molecule has 1 N–H and O–H groups in total. The van der Waals surface area contributed by atoms with Crippen LogP contribution in [0.4, 0.5) is 0 Å². The van der Waals surface area contributed by atoms with Crippen LogP contribution in [0.2, 0.25) is 0 Å². The normalized spacial score (nSPS) is 15.0. The molecular weight excluding hydrogens is 194 g/mol. The summed E-state index contributed by atoms with van der Waals surface area (Å²) in [6, 6.07) is 10.3. The van der Waals surface area contributed by atoms with E-state index in [0.717, 1.165) is 5.56 Å². The molecule has 2 unspecified atom stereocenters. The third-order valence-corrected chi connectivity index (χ3v) is 3.63. The van der Waals surface area contributed by atoms with Gasteiger partial charge in [0.1, 0.15) is 0 Å². The zero-order chi connectivity index (χ0) is 10.4. The Balaban J connectivity index is 2.42. The minimum absolute atomic E-state index is 0.319. The molecular formula is C11H17NOS. The molecule has 1 aromatic rings. The van der Waals surface area contributed by atoms with E-state index in [1.54, 1.807) is 0 Å². The fourth-order valence-electron chi connectivity index (χ4n) is 1.18. The zero-order valence-corrected chi connectivity index (χ0v) is 9.51. The van der Waals surface area contributed by atoms with Crippen LogP contribution in [0.5, 0.6) is 0 Å². The molecule has 0 saturated carbocycles. The van der Waals surface area contributed by atoms with Gasteiger partial charge >= 0.3 is 0 Å². The first-order chi connectivity index (χ1) is 6.72. The number of nitrogens with one attached hydrogen (secondary N) is 1. The lowest BCUT2D eigenvalue weighted by atomic mass is 10.2. The zero-order valence-electron chi connectivity index (χ0n) is 8.69. The second-order valence-electron chi connectivity index (χ2n) is 3.43.